The molecule has 9 heteroatoms. The molecule has 1 aromatic heterocycles. The fourth-order valence-electron chi connectivity index (χ4n) is 4.87. The second-order valence-corrected chi connectivity index (χ2v) is 9.85. The van der Waals surface area contributed by atoms with E-state index >= 15 is 0 Å². The zero-order valence-electron chi connectivity index (χ0n) is 22.0. The lowest BCUT2D eigenvalue weighted by atomic mass is 9.98. The Kier molecular flexibility index (Phi) is 7.00. The number of carbonyl (C=O) groups is 2. The predicted molar refractivity (Wildman–Crippen MR) is 150 cm³/mol. The average Bonchev–Trinajstić information content (AvgIpc) is 3.42. The van der Waals surface area contributed by atoms with Gasteiger partial charge in [0, 0.05) is 31.1 Å². The standard InChI is InChI=1S/C31H28N6O3/c1-37-26-16-22(8-7-21-9-11-23-13-14-32-18-24(23)15-21)10-12-27(26)40-19-25(31(37)39)33-30(38)29-34-28(35-36-29)17-20-5-3-2-4-6-20/h2-6,9-12,15-16,25,32H,13-14,17-19H2,1H3,(H,33,38)(H,34,35,36). The summed E-state index contributed by atoms with van der Waals surface area (Å²) >= 11 is 0. The van der Waals surface area contributed by atoms with E-state index < -0.39 is 11.9 Å². The third-order valence-corrected chi connectivity index (χ3v) is 7.05. The van der Waals surface area contributed by atoms with Gasteiger partial charge in [-0.05, 0) is 60.0 Å². The van der Waals surface area contributed by atoms with Gasteiger partial charge >= 0.3 is 0 Å². The van der Waals surface area contributed by atoms with Gasteiger partial charge in [0.25, 0.3) is 11.8 Å². The van der Waals surface area contributed by atoms with Crippen LogP contribution in [0.1, 0.15) is 44.3 Å². The van der Waals surface area contributed by atoms with Crippen LogP contribution in [-0.2, 0) is 24.2 Å². The SMILES string of the molecule is CN1C(=O)C(NC(=O)c2n[nH]c(Cc3ccccc3)n2)COc2ccc(C#Cc3ccc4c(c3)CNCC4)cc21. The molecule has 40 heavy (non-hydrogen) atoms. The minimum absolute atomic E-state index is 0.0165. The topological polar surface area (TPSA) is 112 Å². The number of ether oxygens (including phenoxy) is 1. The molecule has 0 aliphatic carbocycles. The van der Waals surface area contributed by atoms with Crippen molar-refractivity contribution in [3.05, 3.63) is 106 Å². The number of fused-ring (bicyclic) bond motifs is 2. The van der Waals surface area contributed by atoms with Crippen molar-refractivity contribution in [3.63, 3.8) is 0 Å². The van der Waals surface area contributed by atoms with E-state index in [-0.39, 0.29) is 18.3 Å². The summed E-state index contributed by atoms with van der Waals surface area (Å²) in [6.07, 6.45) is 1.54. The van der Waals surface area contributed by atoms with Crippen LogP contribution >= 0.6 is 0 Å². The van der Waals surface area contributed by atoms with Crippen LogP contribution in [0.2, 0.25) is 0 Å². The second-order valence-electron chi connectivity index (χ2n) is 9.85. The van der Waals surface area contributed by atoms with Crippen molar-refractivity contribution in [3.8, 4) is 17.6 Å². The largest absolute Gasteiger partial charge is 0.489 e. The highest BCUT2D eigenvalue weighted by Crippen LogP contribution is 2.31. The lowest BCUT2D eigenvalue weighted by Crippen LogP contribution is -2.49. The van der Waals surface area contributed by atoms with Crippen LogP contribution in [-0.4, -0.2) is 53.2 Å². The first-order valence-electron chi connectivity index (χ1n) is 13.2. The molecule has 1 unspecified atom stereocenters. The third kappa shape index (κ3) is 5.44. The number of carbonyl (C=O) groups excluding carboxylic acids is 2. The predicted octanol–water partition coefficient (Wildman–Crippen LogP) is 2.59. The lowest BCUT2D eigenvalue weighted by molar-refractivity contribution is -0.120. The summed E-state index contributed by atoms with van der Waals surface area (Å²) in [7, 11) is 1.66. The van der Waals surface area contributed by atoms with E-state index in [9.17, 15) is 9.59 Å². The van der Waals surface area contributed by atoms with E-state index in [4.69, 9.17) is 4.74 Å². The average molecular weight is 533 g/mol. The van der Waals surface area contributed by atoms with Gasteiger partial charge in [0.15, 0.2) is 0 Å². The van der Waals surface area contributed by atoms with E-state index in [1.165, 1.54) is 16.0 Å². The molecule has 1 atom stereocenters. The van der Waals surface area contributed by atoms with E-state index in [2.05, 4.69) is 49.8 Å². The van der Waals surface area contributed by atoms with E-state index in [1.54, 1.807) is 13.1 Å². The van der Waals surface area contributed by atoms with Crippen LogP contribution in [0, 0.1) is 11.8 Å². The number of likely N-dealkylation sites (N-methyl/N-ethyl adjacent to an activating group) is 1. The number of hydrogen-bond acceptors (Lipinski definition) is 6. The van der Waals surface area contributed by atoms with Gasteiger partial charge in [0.2, 0.25) is 5.82 Å². The van der Waals surface area contributed by atoms with Crippen LogP contribution in [0.25, 0.3) is 0 Å². The Balaban J connectivity index is 1.14. The van der Waals surface area contributed by atoms with Gasteiger partial charge in [-0.1, -0.05) is 48.2 Å². The molecule has 0 spiro atoms. The van der Waals surface area contributed by atoms with Crippen LogP contribution in [0.3, 0.4) is 0 Å². The molecule has 2 amide bonds. The molecule has 200 valence electrons. The Morgan fingerprint density at radius 1 is 1.07 bits per heavy atom. The van der Waals surface area contributed by atoms with Crippen molar-refractivity contribution in [2.75, 3.05) is 25.1 Å². The zero-order valence-corrected chi connectivity index (χ0v) is 22.0. The van der Waals surface area contributed by atoms with Gasteiger partial charge in [-0.15, -0.1) is 5.10 Å². The summed E-state index contributed by atoms with van der Waals surface area (Å²) in [6, 6.07) is 20.7. The summed E-state index contributed by atoms with van der Waals surface area (Å²) < 4.78 is 5.92. The molecule has 3 N–H and O–H groups in total. The highest BCUT2D eigenvalue weighted by molar-refractivity contribution is 6.02. The van der Waals surface area contributed by atoms with Crippen molar-refractivity contribution in [2.45, 2.75) is 25.4 Å². The molecule has 3 heterocycles. The number of H-pyrrole nitrogens is 1. The molecule has 0 bridgehead atoms. The van der Waals surface area contributed by atoms with Gasteiger partial charge in [0.1, 0.15) is 24.2 Å². The number of rotatable bonds is 4. The monoisotopic (exact) mass is 532 g/mol. The van der Waals surface area contributed by atoms with E-state index in [0.29, 0.717) is 23.7 Å². The fraction of sp³-hybridized carbons (Fsp3) is 0.226. The number of amides is 2. The maximum atomic E-state index is 13.3. The minimum Gasteiger partial charge on any atom is -0.489 e. The highest BCUT2D eigenvalue weighted by Gasteiger charge is 2.31. The maximum absolute atomic E-state index is 13.3. The molecule has 9 nitrogen and oxygen atoms in total. The molecule has 0 saturated heterocycles. The van der Waals surface area contributed by atoms with Crippen molar-refractivity contribution >= 4 is 17.5 Å². The zero-order chi connectivity index (χ0) is 27.5. The molecule has 2 aliphatic heterocycles. The normalized spacial score (nSPS) is 16.1. The summed E-state index contributed by atoms with van der Waals surface area (Å²) in [5.41, 5.74) is 5.98. The smallest absolute Gasteiger partial charge is 0.291 e. The summed E-state index contributed by atoms with van der Waals surface area (Å²) in [6.45, 7) is 1.84. The molecular formula is C31H28N6O3. The summed E-state index contributed by atoms with van der Waals surface area (Å²) in [4.78, 5) is 31.9. The van der Waals surface area contributed by atoms with Gasteiger partial charge in [0.05, 0.1) is 5.69 Å². The summed E-state index contributed by atoms with van der Waals surface area (Å²) in [5.74, 6) is 6.65. The summed E-state index contributed by atoms with van der Waals surface area (Å²) in [5, 5.41) is 12.9. The molecule has 0 saturated carbocycles. The van der Waals surface area contributed by atoms with E-state index in [0.717, 1.165) is 36.2 Å². The van der Waals surface area contributed by atoms with Gasteiger partial charge in [-0.3, -0.25) is 14.7 Å². The van der Waals surface area contributed by atoms with Crippen molar-refractivity contribution in [1.29, 1.82) is 0 Å². The van der Waals surface area contributed by atoms with Gasteiger partial charge in [-0.25, -0.2) is 4.98 Å². The maximum Gasteiger partial charge on any atom is 0.291 e. The number of anilines is 1. The van der Waals surface area contributed by atoms with Gasteiger partial charge in [-0.2, -0.15) is 0 Å². The molecular weight excluding hydrogens is 504 g/mol. The lowest BCUT2D eigenvalue weighted by Gasteiger charge is -2.20. The van der Waals surface area contributed by atoms with E-state index in [1.807, 2.05) is 48.5 Å². The van der Waals surface area contributed by atoms with Crippen LogP contribution in [0.4, 0.5) is 5.69 Å². The molecule has 3 aromatic carbocycles. The van der Waals surface area contributed by atoms with Crippen molar-refractivity contribution < 1.29 is 14.3 Å². The molecule has 0 fully saturated rings. The molecule has 0 radical (unpaired) electrons. The first-order valence-corrected chi connectivity index (χ1v) is 13.2. The Bertz CT molecular complexity index is 1640. The van der Waals surface area contributed by atoms with Crippen LogP contribution in [0.5, 0.6) is 5.75 Å². The first kappa shape index (κ1) is 25.3. The number of aromatic amines is 1. The van der Waals surface area contributed by atoms with Crippen molar-refractivity contribution in [2.24, 2.45) is 0 Å². The quantitative estimate of drug-likeness (QED) is 0.349. The molecule has 4 aromatic rings. The molecule has 6 rings (SSSR count). The number of hydrogen-bond donors (Lipinski definition) is 3. The highest BCUT2D eigenvalue weighted by atomic mass is 16.5. The number of aromatic nitrogens is 3. The Morgan fingerprint density at radius 3 is 2.73 bits per heavy atom. The Labute approximate surface area is 232 Å². The molecule has 2 aliphatic rings. The second kappa shape index (κ2) is 11.0. The third-order valence-electron chi connectivity index (χ3n) is 7.05. The number of benzene rings is 3. The van der Waals surface area contributed by atoms with Crippen LogP contribution in [0.15, 0.2) is 66.7 Å². The fourth-order valence-corrected chi connectivity index (χ4v) is 4.87. The first-order chi connectivity index (χ1) is 19.5. The minimum atomic E-state index is -0.903. The number of nitrogens with zero attached hydrogens (tertiary/aromatic N) is 3. The Hall–Kier alpha value is -4.94. The van der Waals surface area contributed by atoms with Crippen LogP contribution < -0.4 is 20.3 Å². The Morgan fingerprint density at radius 2 is 1.88 bits per heavy atom. The number of nitrogens with one attached hydrogen (secondary N) is 3. The van der Waals surface area contributed by atoms with Gasteiger partial charge < -0.3 is 20.3 Å². The van der Waals surface area contributed by atoms with Crippen molar-refractivity contribution in [1.82, 2.24) is 25.8 Å².